The summed E-state index contributed by atoms with van der Waals surface area (Å²) in [6, 6.07) is 1.24. The second kappa shape index (κ2) is 17.3. The Labute approximate surface area is 186 Å². The normalized spacial score (nSPS) is 11.0. The first kappa shape index (κ1) is 26.6. The molecular weight excluding hydrogens is 396 g/mol. The Kier molecular flexibility index (Phi) is 14.8. The SMILES string of the molecule is CCCCCCCC/C=C\CCCCCCCC(=O)O[n+]1ccc([N+](=O)[O-])c(OC)c1. The van der Waals surface area contributed by atoms with Crippen molar-refractivity contribution < 1.29 is 24.0 Å². The third-order valence-corrected chi connectivity index (χ3v) is 5.14. The summed E-state index contributed by atoms with van der Waals surface area (Å²) in [4.78, 5) is 27.5. The molecule has 1 rings (SSSR count). The standard InChI is InChI=1S/C24H39N2O5/c1-3-4-5-6-7-8-9-10-11-12-13-14-15-16-17-18-24(27)31-25-20-19-22(26(28)29)23(21-25)30-2/h10-11,19-21H,3-9,12-18H2,1-2H3/q+1/b11-10-. The Balaban J connectivity index is 2.04. The molecule has 0 radical (unpaired) electrons. The molecular formula is C24H39N2O5+. The first-order chi connectivity index (χ1) is 15.1. The van der Waals surface area contributed by atoms with Gasteiger partial charge in [0.2, 0.25) is 6.20 Å². The molecule has 7 heteroatoms. The zero-order valence-corrected chi connectivity index (χ0v) is 19.2. The van der Waals surface area contributed by atoms with Crippen molar-refractivity contribution in [2.75, 3.05) is 7.11 Å². The molecule has 1 aromatic rings. The largest absolute Gasteiger partial charge is 0.486 e. The van der Waals surface area contributed by atoms with Crippen molar-refractivity contribution in [3.8, 4) is 5.75 Å². The number of carbonyl (C=O) groups is 1. The van der Waals surface area contributed by atoms with E-state index in [9.17, 15) is 14.9 Å². The number of hydrogen-bond acceptors (Lipinski definition) is 5. The van der Waals surface area contributed by atoms with Crippen LogP contribution in [0, 0.1) is 10.1 Å². The van der Waals surface area contributed by atoms with Gasteiger partial charge in [0.05, 0.1) is 24.5 Å². The number of allylic oxidation sites excluding steroid dienone is 2. The van der Waals surface area contributed by atoms with Gasteiger partial charge in [-0.1, -0.05) is 70.4 Å². The number of rotatable bonds is 18. The molecule has 174 valence electrons. The van der Waals surface area contributed by atoms with E-state index in [1.54, 1.807) is 0 Å². The van der Waals surface area contributed by atoms with E-state index in [0.29, 0.717) is 6.42 Å². The topological polar surface area (TPSA) is 82.5 Å². The van der Waals surface area contributed by atoms with Gasteiger partial charge in [-0.15, -0.1) is 0 Å². The molecule has 1 aromatic heterocycles. The van der Waals surface area contributed by atoms with E-state index in [4.69, 9.17) is 9.57 Å². The lowest BCUT2D eigenvalue weighted by molar-refractivity contribution is -0.869. The van der Waals surface area contributed by atoms with Crippen LogP contribution in [0.3, 0.4) is 0 Å². The number of carbonyl (C=O) groups excluding carboxylic acids is 1. The first-order valence-corrected chi connectivity index (χ1v) is 11.7. The second-order valence-electron chi connectivity index (χ2n) is 7.81. The van der Waals surface area contributed by atoms with Gasteiger partial charge in [0.1, 0.15) is 0 Å². The van der Waals surface area contributed by atoms with Crippen LogP contribution >= 0.6 is 0 Å². The molecule has 7 nitrogen and oxygen atoms in total. The van der Waals surface area contributed by atoms with E-state index in [2.05, 4.69) is 19.1 Å². The highest BCUT2D eigenvalue weighted by atomic mass is 16.7. The zero-order chi connectivity index (χ0) is 22.7. The molecule has 0 saturated heterocycles. The van der Waals surface area contributed by atoms with Crippen LogP contribution in [-0.4, -0.2) is 18.0 Å². The Morgan fingerprint density at radius 3 is 2.16 bits per heavy atom. The van der Waals surface area contributed by atoms with Gasteiger partial charge in [-0.25, -0.2) is 4.79 Å². The number of nitro groups is 1. The third-order valence-electron chi connectivity index (χ3n) is 5.14. The number of unbranched alkanes of at least 4 members (excludes halogenated alkanes) is 11. The Morgan fingerprint density at radius 2 is 1.58 bits per heavy atom. The van der Waals surface area contributed by atoms with E-state index >= 15 is 0 Å². The monoisotopic (exact) mass is 435 g/mol. The number of hydrogen-bond donors (Lipinski definition) is 0. The number of ether oxygens (including phenoxy) is 1. The lowest BCUT2D eigenvalue weighted by Gasteiger charge is -2.01. The van der Waals surface area contributed by atoms with Gasteiger partial charge in [0, 0.05) is 4.73 Å². The quantitative estimate of drug-likeness (QED) is 0.0945. The predicted octanol–water partition coefficient (Wildman–Crippen LogP) is 5.88. The maximum atomic E-state index is 11.9. The molecule has 1 heterocycles. The van der Waals surface area contributed by atoms with Gasteiger partial charge in [0.15, 0.2) is 0 Å². The summed E-state index contributed by atoms with van der Waals surface area (Å²) in [5, 5.41) is 10.9. The Bertz CT molecular complexity index is 676. The van der Waals surface area contributed by atoms with Crippen LogP contribution in [0.2, 0.25) is 0 Å². The Hall–Kier alpha value is -2.44. The van der Waals surface area contributed by atoms with Gasteiger partial charge in [-0.05, 0) is 32.1 Å². The lowest BCUT2D eigenvalue weighted by Crippen LogP contribution is -2.45. The fourth-order valence-corrected chi connectivity index (χ4v) is 3.32. The van der Waals surface area contributed by atoms with Crippen molar-refractivity contribution in [3.63, 3.8) is 0 Å². The van der Waals surface area contributed by atoms with E-state index in [-0.39, 0.29) is 17.4 Å². The van der Waals surface area contributed by atoms with Crippen molar-refractivity contribution in [1.82, 2.24) is 0 Å². The van der Waals surface area contributed by atoms with Crippen molar-refractivity contribution in [2.24, 2.45) is 0 Å². The van der Waals surface area contributed by atoms with Crippen LogP contribution in [0.1, 0.15) is 96.8 Å². The lowest BCUT2D eigenvalue weighted by atomic mass is 10.1. The molecule has 0 amide bonds. The van der Waals surface area contributed by atoms with Crippen molar-refractivity contribution in [2.45, 2.75) is 96.8 Å². The minimum atomic E-state index is -0.545. The van der Waals surface area contributed by atoms with Gasteiger partial charge >= 0.3 is 11.7 Å². The summed E-state index contributed by atoms with van der Waals surface area (Å²) < 4.78 is 6.11. The minimum absolute atomic E-state index is 0.0429. The fourth-order valence-electron chi connectivity index (χ4n) is 3.32. The fraction of sp³-hybridized carbons (Fsp3) is 0.667. The second-order valence-corrected chi connectivity index (χ2v) is 7.81. The zero-order valence-electron chi connectivity index (χ0n) is 19.2. The molecule has 0 atom stereocenters. The summed E-state index contributed by atoms with van der Waals surface area (Å²) >= 11 is 0. The van der Waals surface area contributed by atoms with Gasteiger partial charge < -0.3 is 4.74 Å². The molecule has 0 unspecified atom stereocenters. The van der Waals surface area contributed by atoms with Gasteiger partial charge in [0.25, 0.3) is 11.9 Å². The van der Waals surface area contributed by atoms with Gasteiger partial charge in [-0.2, -0.15) is 4.84 Å². The summed E-state index contributed by atoms with van der Waals surface area (Å²) in [6.07, 6.45) is 23.2. The smallest absolute Gasteiger partial charge is 0.380 e. The average Bonchev–Trinajstić information content (AvgIpc) is 2.76. The van der Waals surface area contributed by atoms with Crippen LogP contribution < -0.4 is 14.3 Å². The Morgan fingerprint density at radius 1 is 1.00 bits per heavy atom. The van der Waals surface area contributed by atoms with E-state index < -0.39 is 4.92 Å². The van der Waals surface area contributed by atoms with E-state index in [1.807, 2.05) is 0 Å². The van der Waals surface area contributed by atoms with Crippen LogP contribution in [0.5, 0.6) is 5.75 Å². The molecule has 31 heavy (non-hydrogen) atoms. The highest BCUT2D eigenvalue weighted by Gasteiger charge is 2.22. The highest BCUT2D eigenvalue weighted by Crippen LogP contribution is 2.23. The molecule has 0 aromatic carbocycles. The van der Waals surface area contributed by atoms with Crippen LogP contribution in [0.25, 0.3) is 0 Å². The van der Waals surface area contributed by atoms with Crippen molar-refractivity contribution in [3.05, 3.63) is 40.7 Å². The summed E-state index contributed by atoms with van der Waals surface area (Å²) in [5.74, 6) is -0.320. The van der Waals surface area contributed by atoms with Gasteiger partial charge in [-0.3, -0.25) is 10.1 Å². The minimum Gasteiger partial charge on any atom is -0.486 e. The van der Waals surface area contributed by atoms with E-state index in [1.165, 1.54) is 83.4 Å². The number of pyridine rings is 1. The van der Waals surface area contributed by atoms with Crippen LogP contribution in [0.15, 0.2) is 30.6 Å². The maximum absolute atomic E-state index is 11.9. The third kappa shape index (κ3) is 12.8. The summed E-state index contributed by atoms with van der Waals surface area (Å²) in [6.45, 7) is 2.25. The predicted molar refractivity (Wildman–Crippen MR) is 121 cm³/mol. The van der Waals surface area contributed by atoms with Crippen LogP contribution in [-0.2, 0) is 4.79 Å². The molecule has 0 fully saturated rings. The molecule has 0 aliphatic heterocycles. The number of aromatic nitrogens is 1. The van der Waals surface area contributed by atoms with Crippen LogP contribution in [0.4, 0.5) is 5.69 Å². The molecule has 0 saturated carbocycles. The van der Waals surface area contributed by atoms with E-state index in [0.717, 1.165) is 30.4 Å². The molecule has 0 spiro atoms. The van der Waals surface area contributed by atoms with Crippen molar-refractivity contribution >= 4 is 11.7 Å². The molecule has 0 bridgehead atoms. The summed E-state index contributed by atoms with van der Waals surface area (Å²) in [7, 11) is 1.33. The highest BCUT2D eigenvalue weighted by molar-refractivity contribution is 5.68. The van der Waals surface area contributed by atoms with Crippen molar-refractivity contribution in [1.29, 1.82) is 0 Å². The molecule has 0 aliphatic rings. The number of methoxy groups -OCH3 is 1. The summed E-state index contributed by atoms with van der Waals surface area (Å²) in [5.41, 5.74) is -0.174. The average molecular weight is 436 g/mol. The molecule has 0 N–H and O–H groups in total. The maximum Gasteiger partial charge on any atom is 0.380 e. The first-order valence-electron chi connectivity index (χ1n) is 11.7. The molecule has 0 aliphatic carbocycles. The number of nitrogens with zero attached hydrogens (tertiary/aromatic N) is 2.